The van der Waals surface area contributed by atoms with Crippen molar-refractivity contribution in [3.05, 3.63) is 34.9 Å². The Bertz CT molecular complexity index is 407. The Hall–Kier alpha value is -1.49. The number of carboxylic acid groups (broad SMARTS) is 1. The second-order valence-electron chi connectivity index (χ2n) is 3.49. The molecule has 1 aromatic carbocycles. The number of aryl methyl sites for hydroxylation is 1. The summed E-state index contributed by atoms with van der Waals surface area (Å²) in [4.78, 5) is 10.4. The number of hydrogen-bond donors (Lipinski definition) is 2. The Morgan fingerprint density at radius 3 is 2.62 bits per heavy atom. The molecule has 16 heavy (non-hydrogen) atoms. The number of carbonyl (C=O) groups is 1. The molecule has 1 rings (SSSR count). The first-order valence-electron chi connectivity index (χ1n) is 4.91. The van der Waals surface area contributed by atoms with E-state index in [-0.39, 0.29) is 5.56 Å². The molecule has 88 valence electrons. The quantitative estimate of drug-likeness (QED) is 0.830. The van der Waals surface area contributed by atoms with Gasteiger partial charge in [0.05, 0.1) is 6.42 Å². The largest absolute Gasteiger partial charge is 0.481 e. The number of hydrogen-bond acceptors (Lipinski definition) is 2. The van der Waals surface area contributed by atoms with Crippen LogP contribution >= 0.6 is 0 Å². The molecule has 1 unspecified atom stereocenters. The molecule has 0 spiro atoms. The monoisotopic (exact) mass is 229 g/mol. The highest BCUT2D eigenvalue weighted by Crippen LogP contribution is 2.24. The van der Waals surface area contributed by atoms with Crippen molar-refractivity contribution in [3.63, 3.8) is 0 Å². The van der Waals surface area contributed by atoms with E-state index in [1.807, 2.05) is 0 Å². The highest BCUT2D eigenvalue weighted by atomic mass is 19.1. The molecular weight excluding hydrogens is 216 g/mol. The molecule has 3 N–H and O–H groups in total. The molecule has 5 heteroatoms. The van der Waals surface area contributed by atoms with E-state index >= 15 is 0 Å². The zero-order valence-corrected chi connectivity index (χ0v) is 8.84. The third kappa shape index (κ3) is 2.55. The maximum atomic E-state index is 13.7. The lowest BCUT2D eigenvalue weighted by atomic mass is 9.99. The molecule has 1 atom stereocenters. The summed E-state index contributed by atoms with van der Waals surface area (Å²) >= 11 is 0. The van der Waals surface area contributed by atoms with Crippen molar-refractivity contribution in [2.75, 3.05) is 0 Å². The Morgan fingerprint density at radius 1 is 1.50 bits per heavy atom. The number of aliphatic carboxylic acids is 1. The van der Waals surface area contributed by atoms with Gasteiger partial charge in [0.2, 0.25) is 0 Å². The molecule has 3 nitrogen and oxygen atoms in total. The third-order valence-corrected chi connectivity index (χ3v) is 2.35. The minimum atomic E-state index is -1.19. The lowest BCUT2D eigenvalue weighted by Gasteiger charge is -2.13. The second kappa shape index (κ2) is 5.03. The average molecular weight is 229 g/mol. The van der Waals surface area contributed by atoms with E-state index < -0.39 is 30.1 Å². The van der Waals surface area contributed by atoms with Crippen LogP contribution in [0.3, 0.4) is 0 Å². The van der Waals surface area contributed by atoms with Crippen molar-refractivity contribution in [2.45, 2.75) is 25.8 Å². The van der Waals surface area contributed by atoms with Gasteiger partial charge >= 0.3 is 5.97 Å². The van der Waals surface area contributed by atoms with Gasteiger partial charge in [-0.15, -0.1) is 0 Å². The van der Waals surface area contributed by atoms with Gasteiger partial charge in [0.15, 0.2) is 0 Å². The van der Waals surface area contributed by atoms with E-state index in [9.17, 15) is 13.6 Å². The summed E-state index contributed by atoms with van der Waals surface area (Å²) in [7, 11) is 0. The van der Waals surface area contributed by atoms with Crippen LogP contribution in [0, 0.1) is 11.6 Å². The standard InChI is InChI=1S/C11H13F2NO2/c1-2-6-3-4-7(12)10(11(6)13)8(14)5-9(15)16/h3-4,8H,2,5,14H2,1H3,(H,15,16). The van der Waals surface area contributed by atoms with Gasteiger partial charge in [0.25, 0.3) is 0 Å². The van der Waals surface area contributed by atoms with Gasteiger partial charge in [-0.3, -0.25) is 4.79 Å². The van der Waals surface area contributed by atoms with Crippen LogP contribution in [-0.2, 0) is 11.2 Å². The highest BCUT2D eigenvalue weighted by Gasteiger charge is 2.21. The second-order valence-corrected chi connectivity index (χ2v) is 3.49. The van der Waals surface area contributed by atoms with Crippen LogP contribution < -0.4 is 5.73 Å². The van der Waals surface area contributed by atoms with E-state index in [0.29, 0.717) is 12.0 Å². The number of nitrogens with two attached hydrogens (primary N) is 1. The van der Waals surface area contributed by atoms with Gasteiger partial charge in [-0.05, 0) is 18.1 Å². The Labute approximate surface area is 91.9 Å². The fourth-order valence-electron chi connectivity index (χ4n) is 1.52. The third-order valence-electron chi connectivity index (χ3n) is 2.35. The first-order chi connectivity index (χ1) is 7.47. The van der Waals surface area contributed by atoms with E-state index in [1.165, 1.54) is 6.07 Å². The predicted molar refractivity (Wildman–Crippen MR) is 54.9 cm³/mol. The van der Waals surface area contributed by atoms with Crippen molar-refractivity contribution in [2.24, 2.45) is 5.73 Å². The molecule has 0 radical (unpaired) electrons. The summed E-state index contributed by atoms with van der Waals surface area (Å²) in [6.45, 7) is 1.73. The van der Waals surface area contributed by atoms with E-state index in [0.717, 1.165) is 6.07 Å². The fraction of sp³-hybridized carbons (Fsp3) is 0.364. The van der Waals surface area contributed by atoms with Crippen LogP contribution in [0.5, 0.6) is 0 Å². The Balaban J connectivity index is 3.15. The summed E-state index contributed by atoms with van der Waals surface area (Å²) in [5.41, 5.74) is 5.45. The van der Waals surface area contributed by atoms with Crippen LogP contribution in [-0.4, -0.2) is 11.1 Å². The minimum Gasteiger partial charge on any atom is -0.481 e. The zero-order chi connectivity index (χ0) is 12.3. The summed E-state index contributed by atoms with van der Waals surface area (Å²) in [6, 6.07) is 1.28. The van der Waals surface area contributed by atoms with Gasteiger partial charge in [0, 0.05) is 11.6 Å². The number of benzene rings is 1. The van der Waals surface area contributed by atoms with E-state index in [2.05, 4.69) is 0 Å². The van der Waals surface area contributed by atoms with E-state index in [4.69, 9.17) is 10.8 Å². The van der Waals surface area contributed by atoms with Crippen molar-refractivity contribution in [1.82, 2.24) is 0 Å². The molecule has 0 saturated carbocycles. The molecular formula is C11H13F2NO2. The molecule has 0 aromatic heterocycles. The van der Waals surface area contributed by atoms with Crippen LogP contribution in [0.2, 0.25) is 0 Å². The van der Waals surface area contributed by atoms with Crippen LogP contribution in [0.1, 0.15) is 30.5 Å². The molecule has 0 fully saturated rings. The maximum absolute atomic E-state index is 13.7. The van der Waals surface area contributed by atoms with Gasteiger partial charge in [-0.1, -0.05) is 13.0 Å². The molecule has 0 aliphatic heterocycles. The zero-order valence-electron chi connectivity index (χ0n) is 8.84. The molecule has 1 aromatic rings. The van der Waals surface area contributed by atoms with Crippen molar-refractivity contribution < 1.29 is 18.7 Å². The first-order valence-corrected chi connectivity index (χ1v) is 4.91. The summed E-state index contributed by atoms with van der Waals surface area (Å²) in [6.07, 6.45) is -0.0973. The van der Waals surface area contributed by atoms with Gasteiger partial charge < -0.3 is 10.8 Å². The van der Waals surface area contributed by atoms with Gasteiger partial charge in [-0.2, -0.15) is 0 Å². The van der Waals surface area contributed by atoms with Crippen LogP contribution in [0.4, 0.5) is 8.78 Å². The Kier molecular flexibility index (Phi) is 3.95. The Morgan fingerprint density at radius 2 is 2.12 bits per heavy atom. The fourth-order valence-corrected chi connectivity index (χ4v) is 1.52. The minimum absolute atomic E-state index is 0.331. The average Bonchev–Trinajstić information content (AvgIpc) is 2.16. The number of rotatable bonds is 4. The van der Waals surface area contributed by atoms with Crippen LogP contribution in [0.25, 0.3) is 0 Å². The number of carboxylic acids is 1. The van der Waals surface area contributed by atoms with E-state index in [1.54, 1.807) is 6.92 Å². The predicted octanol–water partition coefficient (Wildman–Crippen LogP) is 2.00. The summed E-state index contributed by atoms with van der Waals surface area (Å²) in [5.74, 6) is -2.73. The molecule has 0 heterocycles. The van der Waals surface area contributed by atoms with Crippen molar-refractivity contribution in [3.8, 4) is 0 Å². The normalized spacial score (nSPS) is 12.5. The molecule has 0 amide bonds. The topological polar surface area (TPSA) is 63.3 Å². The van der Waals surface area contributed by atoms with Gasteiger partial charge in [0.1, 0.15) is 11.6 Å². The van der Waals surface area contributed by atoms with Gasteiger partial charge in [-0.25, -0.2) is 8.78 Å². The lowest BCUT2D eigenvalue weighted by Crippen LogP contribution is -2.18. The maximum Gasteiger partial charge on any atom is 0.305 e. The molecule has 0 aliphatic rings. The summed E-state index contributed by atoms with van der Waals surface area (Å²) < 4.78 is 27.1. The smallest absolute Gasteiger partial charge is 0.305 e. The first kappa shape index (κ1) is 12.6. The highest BCUT2D eigenvalue weighted by molar-refractivity contribution is 5.68. The summed E-state index contributed by atoms with van der Waals surface area (Å²) in [5, 5.41) is 8.53. The molecule has 0 aliphatic carbocycles. The van der Waals surface area contributed by atoms with Crippen molar-refractivity contribution >= 4 is 5.97 Å². The number of halogens is 2. The SMILES string of the molecule is CCc1ccc(F)c(C(N)CC(=O)O)c1F. The lowest BCUT2D eigenvalue weighted by molar-refractivity contribution is -0.137. The molecule has 0 saturated heterocycles. The van der Waals surface area contributed by atoms with Crippen LogP contribution in [0.15, 0.2) is 12.1 Å². The molecule has 0 bridgehead atoms. The van der Waals surface area contributed by atoms with Crippen molar-refractivity contribution in [1.29, 1.82) is 0 Å².